The highest BCUT2D eigenvalue weighted by Crippen LogP contribution is 2.26. The van der Waals surface area contributed by atoms with Gasteiger partial charge in [0.05, 0.1) is 28.9 Å². The van der Waals surface area contributed by atoms with Gasteiger partial charge in [0.1, 0.15) is 0 Å². The summed E-state index contributed by atoms with van der Waals surface area (Å²) < 4.78 is 2.21. The van der Waals surface area contributed by atoms with Gasteiger partial charge in [-0.15, -0.1) is 11.3 Å². The molecule has 3 rings (SSSR count). The van der Waals surface area contributed by atoms with E-state index in [9.17, 15) is 0 Å². The molecular weight excluding hydrogens is 256 g/mol. The molecule has 0 saturated carbocycles. The Labute approximate surface area is 117 Å². The molecule has 0 fully saturated rings. The summed E-state index contributed by atoms with van der Waals surface area (Å²) >= 11 is 1.71. The minimum absolute atomic E-state index is 0.277. The molecule has 0 saturated heterocycles. The van der Waals surface area contributed by atoms with Crippen molar-refractivity contribution in [2.75, 3.05) is 0 Å². The van der Waals surface area contributed by atoms with Crippen LogP contribution < -0.4 is 5.73 Å². The first kappa shape index (κ1) is 12.6. The van der Waals surface area contributed by atoms with Gasteiger partial charge < -0.3 is 10.3 Å². The lowest BCUT2D eigenvalue weighted by atomic mass is 10.1. The van der Waals surface area contributed by atoms with Crippen LogP contribution in [0.3, 0.4) is 0 Å². The number of aryl methyl sites for hydroxylation is 3. The van der Waals surface area contributed by atoms with E-state index in [0.29, 0.717) is 0 Å². The minimum atomic E-state index is 0.277. The third kappa shape index (κ3) is 2.77. The average Bonchev–Trinajstić information content (AvgIpc) is 3.07. The molecule has 100 valence electrons. The maximum atomic E-state index is 5.96. The largest absolute Gasteiger partial charge is 0.331 e. The Kier molecular flexibility index (Phi) is 3.48. The van der Waals surface area contributed by atoms with E-state index in [0.717, 1.165) is 30.8 Å². The Morgan fingerprint density at radius 2 is 2.42 bits per heavy atom. The van der Waals surface area contributed by atoms with Crippen LogP contribution in [0, 0.1) is 6.92 Å². The molecule has 2 aromatic rings. The molecular formula is C14H18N4S. The molecule has 1 aliphatic rings. The highest BCUT2D eigenvalue weighted by Gasteiger charge is 2.17. The molecule has 2 aromatic heterocycles. The Morgan fingerprint density at radius 3 is 3.11 bits per heavy atom. The summed E-state index contributed by atoms with van der Waals surface area (Å²) in [5.74, 6) is 0. The number of aromatic nitrogens is 3. The topological polar surface area (TPSA) is 56.7 Å². The predicted molar refractivity (Wildman–Crippen MR) is 78.0 cm³/mol. The lowest BCUT2D eigenvalue weighted by Gasteiger charge is -2.09. The molecule has 2 N–H and O–H groups in total. The van der Waals surface area contributed by atoms with E-state index < -0.39 is 0 Å². The quantitative estimate of drug-likeness (QED) is 0.931. The molecule has 0 amide bonds. The van der Waals surface area contributed by atoms with Crippen LogP contribution >= 0.6 is 11.3 Å². The zero-order chi connectivity index (χ0) is 13.2. The van der Waals surface area contributed by atoms with E-state index in [2.05, 4.69) is 26.0 Å². The maximum Gasteiger partial charge on any atom is 0.0950 e. The van der Waals surface area contributed by atoms with Crippen LogP contribution in [-0.4, -0.2) is 20.6 Å². The Bertz CT molecular complexity index is 596. The lowest BCUT2D eigenvalue weighted by Crippen LogP contribution is -2.15. The molecule has 1 unspecified atom stereocenters. The summed E-state index contributed by atoms with van der Waals surface area (Å²) in [7, 11) is 0. The van der Waals surface area contributed by atoms with E-state index in [1.165, 1.54) is 17.0 Å². The van der Waals surface area contributed by atoms with Gasteiger partial charge in [-0.2, -0.15) is 0 Å². The van der Waals surface area contributed by atoms with Gasteiger partial charge >= 0.3 is 0 Å². The van der Waals surface area contributed by atoms with Crippen molar-refractivity contribution in [1.29, 1.82) is 0 Å². The van der Waals surface area contributed by atoms with Crippen molar-refractivity contribution in [3.05, 3.63) is 40.4 Å². The fourth-order valence-electron chi connectivity index (χ4n) is 2.48. The Hall–Kier alpha value is -1.46. The van der Waals surface area contributed by atoms with E-state index in [4.69, 9.17) is 5.73 Å². The van der Waals surface area contributed by atoms with Gasteiger partial charge in [-0.1, -0.05) is 6.08 Å². The SMILES string of the molecule is Cc1nc(CCn2cncc2C2=CCC(N)C2)cs1. The van der Waals surface area contributed by atoms with E-state index in [1.54, 1.807) is 11.3 Å². The third-order valence-corrected chi connectivity index (χ3v) is 4.29. The number of imidazole rings is 1. The second kappa shape index (κ2) is 5.27. The normalized spacial score (nSPS) is 18.8. The number of rotatable bonds is 4. The average molecular weight is 274 g/mol. The Morgan fingerprint density at radius 1 is 1.53 bits per heavy atom. The highest BCUT2D eigenvalue weighted by atomic mass is 32.1. The minimum Gasteiger partial charge on any atom is -0.331 e. The van der Waals surface area contributed by atoms with Crippen molar-refractivity contribution in [3.8, 4) is 0 Å². The summed E-state index contributed by atoms with van der Waals surface area (Å²) in [6, 6.07) is 0.277. The molecule has 1 aliphatic carbocycles. The van der Waals surface area contributed by atoms with Crippen LogP contribution in [0.25, 0.3) is 5.57 Å². The second-order valence-corrected chi connectivity index (χ2v) is 6.07. The van der Waals surface area contributed by atoms with Crippen molar-refractivity contribution in [2.45, 2.75) is 38.8 Å². The van der Waals surface area contributed by atoms with Gasteiger partial charge in [-0.05, 0) is 25.3 Å². The van der Waals surface area contributed by atoms with Gasteiger partial charge in [-0.25, -0.2) is 9.97 Å². The van der Waals surface area contributed by atoms with Crippen molar-refractivity contribution in [3.63, 3.8) is 0 Å². The first-order valence-corrected chi connectivity index (χ1v) is 7.46. The smallest absolute Gasteiger partial charge is 0.0950 e. The summed E-state index contributed by atoms with van der Waals surface area (Å²) in [5.41, 5.74) is 9.67. The summed E-state index contributed by atoms with van der Waals surface area (Å²) in [6.07, 6.45) is 8.97. The number of nitrogens with zero attached hydrogens (tertiary/aromatic N) is 3. The molecule has 0 aliphatic heterocycles. The first-order valence-electron chi connectivity index (χ1n) is 6.58. The van der Waals surface area contributed by atoms with Crippen molar-refractivity contribution >= 4 is 16.9 Å². The molecule has 0 bridgehead atoms. The van der Waals surface area contributed by atoms with E-state index >= 15 is 0 Å². The number of nitrogens with two attached hydrogens (primary N) is 1. The fourth-order valence-corrected chi connectivity index (χ4v) is 3.12. The fraction of sp³-hybridized carbons (Fsp3) is 0.429. The van der Waals surface area contributed by atoms with E-state index in [-0.39, 0.29) is 6.04 Å². The summed E-state index contributed by atoms with van der Waals surface area (Å²) in [5, 5.41) is 3.27. The van der Waals surface area contributed by atoms with Crippen LogP contribution in [0.15, 0.2) is 24.0 Å². The van der Waals surface area contributed by atoms with Gasteiger partial charge in [0.2, 0.25) is 0 Å². The molecule has 0 radical (unpaired) electrons. The van der Waals surface area contributed by atoms with Gasteiger partial charge in [-0.3, -0.25) is 0 Å². The molecule has 5 heteroatoms. The summed E-state index contributed by atoms with van der Waals surface area (Å²) in [4.78, 5) is 8.77. The lowest BCUT2D eigenvalue weighted by molar-refractivity contribution is 0.674. The molecule has 4 nitrogen and oxygen atoms in total. The van der Waals surface area contributed by atoms with Crippen LogP contribution in [-0.2, 0) is 13.0 Å². The monoisotopic (exact) mass is 274 g/mol. The molecule has 1 atom stereocenters. The van der Waals surface area contributed by atoms with Crippen LogP contribution in [0.4, 0.5) is 0 Å². The van der Waals surface area contributed by atoms with Gasteiger partial charge in [0, 0.05) is 24.4 Å². The van der Waals surface area contributed by atoms with Crippen LogP contribution in [0.5, 0.6) is 0 Å². The van der Waals surface area contributed by atoms with Crippen molar-refractivity contribution in [2.24, 2.45) is 5.73 Å². The summed E-state index contributed by atoms with van der Waals surface area (Å²) in [6.45, 7) is 2.96. The highest BCUT2D eigenvalue weighted by molar-refractivity contribution is 7.09. The molecule has 19 heavy (non-hydrogen) atoms. The van der Waals surface area contributed by atoms with Crippen molar-refractivity contribution in [1.82, 2.24) is 14.5 Å². The third-order valence-electron chi connectivity index (χ3n) is 3.47. The Balaban J connectivity index is 1.70. The second-order valence-electron chi connectivity index (χ2n) is 5.01. The van der Waals surface area contributed by atoms with Gasteiger partial charge in [0.15, 0.2) is 0 Å². The van der Waals surface area contributed by atoms with Crippen LogP contribution in [0.1, 0.15) is 29.2 Å². The molecule has 2 heterocycles. The first-order chi connectivity index (χ1) is 9.22. The predicted octanol–water partition coefficient (Wildman–Crippen LogP) is 2.40. The van der Waals surface area contributed by atoms with E-state index in [1.807, 2.05) is 19.4 Å². The molecule has 0 spiro atoms. The number of thiazole rings is 1. The molecule has 0 aromatic carbocycles. The van der Waals surface area contributed by atoms with Gasteiger partial charge in [0.25, 0.3) is 0 Å². The van der Waals surface area contributed by atoms with Crippen molar-refractivity contribution < 1.29 is 0 Å². The zero-order valence-electron chi connectivity index (χ0n) is 11.0. The standard InChI is InChI=1S/C14H18N4S/c1-10-17-13(8-19-10)4-5-18-9-16-7-14(18)11-2-3-12(15)6-11/h2,7-9,12H,3-6,15H2,1H3. The number of hydrogen-bond acceptors (Lipinski definition) is 4. The zero-order valence-corrected chi connectivity index (χ0v) is 11.9. The maximum absolute atomic E-state index is 5.96. The number of hydrogen-bond donors (Lipinski definition) is 1. The van der Waals surface area contributed by atoms with Crippen LogP contribution in [0.2, 0.25) is 0 Å².